The number of nitrogen functional groups attached to an aromatic ring is 1. The summed E-state index contributed by atoms with van der Waals surface area (Å²) in [6.45, 7) is 4.91. The lowest BCUT2D eigenvalue weighted by atomic mass is 10.0. The number of aryl methyl sites for hydroxylation is 1. The van der Waals surface area contributed by atoms with Gasteiger partial charge in [-0.1, -0.05) is 6.92 Å². The standard InChI is InChI=1S/C12H17N5/c1-3-14-10(12-16-6-7-17-12)9-8(2)4-5-15-11(9)13/h4-7,10,14H,3H2,1-2H3,(H2,13,15)(H,16,17). The van der Waals surface area contributed by atoms with E-state index in [9.17, 15) is 0 Å². The predicted octanol–water partition coefficient (Wildman–Crippen LogP) is 1.39. The highest BCUT2D eigenvalue weighted by atomic mass is 15.0. The van der Waals surface area contributed by atoms with Gasteiger partial charge in [0.1, 0.15) is 11.6 Å². The van der Waals surface area contributed by atoms with Crippen molar-refractivity contribution in [2.45, 2.75) is 19.9 Å². The minimum atomic E-state index is -0.0382. The molecule has 2 rings (SSSR count). The number of aromatic amines is 1. The van der Waals surface area contributed by atoms with E-state index >= 15 is 0 Å². The van der Waals surface area contributed by atoms with Gasteiger partial charge in [0.05, 0.1) is 6.04 Å². The molecule has 1 unspecified atom stereocenters. The van der Waals surface area contributed by atoms with Gasteiger partial charge in [0, 0.05) is 24.2 Å². The average molecular weight is 231 g/mol. The Morgan fingerprint density at radius 3 is 2.82 bits per heavy atom. The van der Waals surface area contributed by atoms with Crippen LogP contribution < -0.4 is 11.1 Å². The summed E-state index contributed by atoms with van der Waals surface area (Å²) in [7, 11) is 0. The van der Waals surface area contributed by atoms with Crippen LogP contribution in [0.2, 0.25) is 0 Å². The van der Waals surface area contributed by atoms with Crippen molar-refractivity contribution >= 4 is 5.82 Å². The Kier molecular flexibility index (Phi) is 3.39. The Morgan fingerprint density at radius 2 is 2.24 bits per heavy atom. The van der Waals surface area contributed by atoms with Crippen LogP contribution in [0.3, 0.4) is 0 Å². The first-order chi connectivity index (χ1) is 8.24. The normalized spacial score (nSPS) is 12.6. The van der Waals surface area contributed by atoms with Crippen molar-refractivity contribution in [3.8, 4) is 0 Å². The molecule has 0 aliphatic carbocycles. The number of anilines is 1. The molecule has 0 saturated carbocycles. The smallest absolute Gasteiger partial charge is 0.128 e. The summed E-state index contributed by atoms with van der Waals surface area (Å²) in [5.74, 6) is 1.40. The van der Waals surface area contributed by atoms with E-state index in [4.69, 9.17) is 5.73 Å². The van der Waals surface area contributed by atoms with Gasteiger partial charge < -0.3 is 16.0 Å². The number of rotatable bonds is 4. The minimum absolute atomic E-state index is 0.0382. The molecule has 0 saturated heterocycles. The molecular formula is C12H17N5. The number of nitrogens with one attached hydrogen (secondary N) is 2. The fourth-order valence-electron chi connectivity index (χ4n) is 1.94. The van der Waals surface area contributed by atoms with Gasteiger partial charge >= 0.3 is 0 Å². The Morgan fingerprint density at radius 1 is 1.41 bits per heavy atom. The molecule has 5 heteroatoms. The summed E-state index contributed by atoms with van der Waals surface area (Å²) in [6.07, 6.45) is 5.27. The highest BCUT2D eigenvalue weighted by Gasteiger charge is 2.20. The van der Waals surface area contributed by atoms with Gasteiger partial charge in [-0.25, -0.2) is 9.97 Å². The number of hydrogen-bond donors (Lipinski definition) is 3. The van der Waals surface area contributed by atoms with Crippen LogP contribution in [0.15, 0.2) is 24.7 Å². The number of hydrogen-bond acceptors (Lipinski definition) is 4. The van der Waals surface area contributed by atoms with Crippen molar-refractivity contribution < 1.29 is 0 Å². The largest absolute Gasteiger partial charge is 0.383 e. The third-order valence-electron chi connectivity index (χ3n) is 2.73. The maximum Gasteiger partial charge on any atom is 0.128 e. The van der Waals surface area contributed by atoms with Crippen molar-refractivity contribution in [1.29, 1.82) is 0 Å². The molecule has 0 fully saturated rings. The lowest BCUT2D eigenvalue weighted by Crippen LogP contribution is -2.25. The quantitative estimate of drug-likeness (QED) is 0.743. The molecule has 90 valence electrons. The van der Waals surface area contributed by atoms with Crippen molar-refractivity contribution in [2.75, 3.05) is 12.3 Å². The molecule has 2 heterocycles. The molecule has 0 amide bonds. The maximum atomic E-state index is 5.97. The third-order valence-corrected chi connectivity index (χ3v) is 2.73. The highest BCUT2D eigenvalue weighted by Crippen LogP contribution is 2.26. The van der Waals surface area contributed by atoms with Gasteiger partial charge in [0.15, 0.2) is 0 Å². The van der Waals surface area contributed by atoms with E-state index in [0.29, 0.717) is 5.82 Å². The Balaban J connectivity index is 2.46. The number of aromatic nitrogens is 3. The van der Waals surface area contributed by atoms with Crippen LogP contribution in [-0.4, -0.2) is 21.5 Å². The molecule has 0 aromatic carbocycles. The molecule has 17 heavy (non-hydrogen) atoms. The zero-order valence-corrected chi connectivity index (χ0v) is 10.1. The predicted molar refractivity (Wildman–Crippen MR) is 67.5 cm³/mol. The van der Waals surface area contributed by atoms with Crippen LogP contribution in [0.1, 0.15) is 29.9 Å². The molecular weight excluding hydrogens is 214 g/mol. The van der Waals surface area contributed by atoms with Crippen LogP contribution in [0.4, 0.5) is 5.82 Å². The molecule has 0 aliphatic rings. The molecule has 2 aromatic rings. The van der Waals surface area contributed by atoms with E-state index in [2.05, 4.69) is 27.2 Å². The van der Waals surface area contributed by atoms with Gasteiger partial charge in [-0.2, -0.15) is 0 Å². The zero-order chi connectivity index (χ0) is 12.3. The second kappa shape index (κ2) is 4.97. The van der Waals surface area contributed by atoms with Gasteiger partial charge in [0.2, 0.25) is 0 Å². The summed E-state index contributed by atoms with van der Waals surface area (Å²) in [5, 5.41) is 3.37. The van der Waals surface area contributed by atoms with E-state index in [1.54, 1.807) is 12.4 Å². The Labute approximate surface area is 100 Å². The fourth-order valence-corrected chi connectivity index (χ4v) is 1.94. The molecule has 0 aliphatic heterocycles. The maximum absolute atomic E-state index is 5.97. The number of pyridine rings is 1. The van der Waals surface area contributed by atoms with Gasteiger partial charge in [-0.05, 0) is 25.1 Å². The first-order valence-electron chi connectivity index (χ1n) is 5.67. The summed E-state index contributed by atoms with van der Waals surface area (Å²) in [4.78, 5) is 11.6. The Hall–Kier alpha value is -1.88. The van der Waals surface area contributed by atoms with Gasteiger partial charge in [-0.15, -0.1) is 0 Å². The monoisotopic (exact) mass is 231 g/mol. The second-order valence-corrected chi connectivity index (χ2v) is 3.89. The first-order valence-corrected chi connectivity index (χ1v) is 5.67. The van der Waals surface area contributed by atoms with Gasteiger partial charge in [0.25, 0.3) is 0 Å². The van der Waals surface area contributed by atoms with Crippen molar-refractivity contribution in [2.24, 2.45) is 0 Å². The molecule has 0 radical (unpaired) electrons. The lowest BCUT2D eigenvalue weighted by molar-refractivity contribution is 0.601. The summed E-state index contributed by atoms with van der Waals surface area (Å²) in [5.41, 5.74) is 8.07. The summed E-state index contributed by atoms with van der Waals surface area (Å²) in [6, 6.07) is 1.92. The lowest BCUT2D eigenvalue weighted by Gasteiger charge is -2.19. The number of imidazole rings is 1. The Bertz CT molecular complexity index is 457. The summed E-state index contributed by atoms with van der Waals surface area (Å²) < 4.78 is 0. The molecule has 4 N–H and O–H groups in total. The first kappa shape index (κ1) is 11.6. The van der Waals surface area contributed by atoms with Crippen molar-refractivity contribution in [1.82, 2.24) is 20.3 Å². The van der Waals surface area contributed by atoms with Crippen LogP contribution in [0.25, 0.3) is 0 Å². The second-order valence-electron chi connectivity index (χ2n) is 3.89. The zero-order valence-electron chi connectivity index (χ0n) is 10.1. The van der Waals surface area contributed by atoms with E-state index < -0.39 is 0 Å². The van der Waals surface area contributed by atoms with Crippen LogP contribution in [0.5, 0.6) is 0 Å². The third kappa shape index (κ3) is 2.29. The van der Waals surface area contributed by atoms with Crippen LogP contribution in [0, 0.1) is 6.92 Å². The van der Waals surface area contributed by atoms with Gasteiger partial charge in [-0.3, -0.25) is 0 Å². The van der Waals surface area contributed by atoms with E-state index in [1.807, 2.05) is 19.2 Å². The molecule has 1 atom stereocenters. The fraction of sp³-hybridized carbons (Fsp3) is 0.333. The average Bonchev–Trinajstić information content (AvgIpc) is 2.80. The number of nitrogens with zero attached hydrogens (tertiary/aromatic N) is 2. The van der Waals surface area contributed by atoms with Crippen molar-refractivity contribution in [3.63, 3.8) is 0 Å². The SMILES string of the molecule is CCNC(c1ncc[nH]1)c1c(C)ccnc1N. The highest BCUT2D eigenvalue weighted by molar-refractivity contribution is 5.48. The molecule has 5 nitrogen and oxygen atoms in total. The van der Waals surface area contributed by atoms with E-state index in [0.717, 1.165) is 23.5 Å². The summed E-state index contributed by atoms with van der Waals surface area (Å²) >= 11 is 0. The molecule has 0 spiro atoms. The van der Waals surface area contributed by atoms with E-state index in [-0.39, 0.29) is 6.04 Å². The number of H-pyrrole nitrogens is 1. The molecule has 0 bridgehead atoms. The minimum Gasteiger partial charge on any atom is -0.383 e. The molecule has 2 aromatic heterocycles. The van der Waals surface area contributed by atoms with E-state index in [1.165, 1.54) is 0 Å². The van der Waals surface area contributed by atoms with Crippen LogP contribution >= 0.6 is 0 Å². The van der Waals surface area contributed by atoms with Crippen LogP contribution in [-0.2, 0) is 0 Å². The topological polar surface area (TPSA) is 79.6 Å². The number of nitrogens with two attached hydrogens (primary N) is 1. The van der Waals surface area contributed by atoms with Crippen molar-refractivity contribution in [3.05, 3.63) is 41.6 Å².